The molecule has 0 heterocycles. The summed E-state index contributed by atoms with van der Waals surface area (Å²) in [6.07, 6.45) is 3.16. The standard InChI is InChI=1S/C14H21N3O/c1-11-3-2-4-12(9-11)10-17(13-5-6-13)8-7-14(15)16-18/h2-4,9,13,18H,5-8,10H2,1H3,(H2,15,16). The second-order valence-corrected chi connectivity index (χ2v) is 5.03. The molecule has 0 bridgehead atoms. The third kappa shape index (κ3) is 3.74. The van der Waals surface area contributed by atoms with Gasteiger partial charge in [0.25, 0.3) is 0 Å². The molecule has 0 radical (unpaired) electrons. The lowest BCUT2D eigenvalue weighted by Gasteiger charge is -2.21. The Kier molecular flexibility index (Phi) is 4.20. The maximum atomic E-state index is 8.57. The Morgan fingerprint density at radius 2 is 2.28 bits per heavy atom. The van der Waals surface area contributed by atoms with Crippen LogP contribution in [0, 0.1) is 6.92 Å². The molecular weight excluding hydrogens is 226 g/mol. The molecule has 0 amide bonds. The van der Waals surface area contributed by atoms with Crippen LogP contribution in [0.5, 0.6) is 0 Å². The largest absolute Gasteiger partial charge is 0.409 e. The monoisotopic (exact) mass is 247 g/mol. The third-order valence-electron chi connectivity index (χ3n) is 3.32. The van der Waals surface area contributed by atoms with Crippen LogP contribution in [-0.2, 0) is 6.54 Å². The number of hydrogen-bond acceptors (Lipinski definition) is 3. The van der Waals surface area contributed by atoms with Crippen LogP contribution < -0.4 is 5.73 Å². The summed E-state index contributed by atoms with van der Waals surface area (Å²) < 4.78 is 0. The minimum Gasteiger partial charge on any atom is -0.409 e. The molecule has 18 heavy (non-hydrogen) atoms. The van der Waals surface area contributed by atoms with Crippen molar-refractivity contribution in [1.29, 1.82) is 0 Å². The van der Waals surface area contributed by atoms with Crippen LogP contribution in [0.1, 0.15) is 30.4 Å². The lowest BCUT2D eigenvalue weighted by molar-refractivity contribution is 0.259. The van der Waals surface area contributed by atoms with E-state index in [1.807, 2.05) is 0 Å². The number of oxime groups is 1. The highest BCUT2D eigenvalue weighted by molar-refractivity contribution is 5.79. The fourth-order valence-electron chi connectivity index (χ4n) is 2.18. The Bertz CT molecular complexity index is 427. The van der Waals surface area contributed by atoms with Crippen molar-refractivity contribution in [3.05, 3.63) is 35.4 Å². The molecule has 2 rings (SSSR count). The fraction of sp³-hybridized carbons (Fsp3) is 0.500. The molecule has 98 valence electrons. The Balaban J connectivity index is 1.94. The van der Waals surface area contributed by atoms with Crippen LogP contribution >= 0.6 is 0 Å². The summed E-state index contributed by atoms with van der Waals surface area (Å²) in [5, 5.41) is 11.6. The van der Waals surface area contributed by atoms with Crippen LogP contribution in [-0.4, -0.2) is 28.5 Å². The summed E-state index contributed by atoms with van der Waals surface area (Å²) in [6.45, 7) is 3.92. The smallest absolute Gasteiger partial charge is 0.140 e. The predicted octanol–water partition coefficient (Wildman–Crippen LogP) is 2.10. The first kappa shape index (κ1) is 12.9. The van der Waals surface area contributed by atoms with E-state index in [9.17, 15) is 0 Å². The molecule has 1 aliphatic rings. The van der Waals surface area contributed by atoms with E-state index >= 15 is 0 Å². The summed E-state index contributed by atoms with van der Waals surface area (Å²) in [4.78, 5) is 2.42. The predicted molar refractivity (Wildman–Crippen MR) is 72.6 cm³/mol. The zero-order chi connectivity index (χ0) is 13.0. The average molecular weight is 247 g/mol. The summed E-state index contributed by atoms with van der Waals surface area (Å²) in [7, 11) is 0. The number of rotatable bonds is 6. The average Bonchev–Trinajstić information content (AvgIpc) is 3.18. The number of amidine groups is 1. The van der Waals surface area contributed by atoms with Gasteiger partial charge in [-0.05, 0) is 25.3 Å². The van der Waals surface area contributed by atoms with Crippen molar-refractivity contribution in [1.82, 2.24) is 4.90 Å². The third-order valence-corrected chi connectivity index (χ3v) is 3.32. The van der Waals surface area contributed by atoms with E-state index < -0.39 is 0 Å². The molecule has 1 aliphatic carbocycles. The molecule has 1 aromatic rings. The maximum absolute atomic E-state index is 8.57. The molecular formula is C14H21N3O. The molecule has 0 atom stereocenters. The van der Waals surface area contributed by atoms with E-state index in [0.717, 1.165) is 13.1 Å². The normalized spacial score (nSPS) is 16.2. The molecule has 1 aromatic carbocycles. The number of hydrogen-bond donors (Lipinski definition) is 2. The summed E-state index contributed by atoms with van der Waals surface area (Å²) in [5.41, 5.74) is 8.16. The van der Waals surface area contributed by atoms with Gasteiger partial charge >= 0.3 is 0 Å². The van der Waals surface area contributed by atoms with Crippen molar-refractivity contribution in [2.75, 3.05) is 6.54 Å². The Hall–Kier alpha value is -1.55. The van der Waals surface area contributed by atoms with Gasteiger partial charge < -0.3 is 10.9 Å². The number of aryl methyl sites for hydroxylation is 1. The second kappa shape index (κ2) is 5.87. The topological polar surface area (TPSA) is 61.8 Å². The molecule has 1 saturated carbocycles. The van der Waals surface area contributed by atoms with Crippen molar-refractivity contribution in [3.8, 4) is 0 Å². The highest BCUT2D eigenvalue weighted by Gasteiger charge is 2.28. The highest BCUT2D eigenvalue weighted by Crippen LogP contribution is 2.28. The molecule has 3 N–H and O–H groups in total. The molecule has 0 aliphatic heterocycles. The van der Waals surface area contributed by atoms with E-state index in [1.165, 1.54) is 24.0 Å². The van der Waals surface area contributed by atoms with E-state index in [2.05, 4.69) is 41.2 Å². The minimum atomic E-state index is 0.310. The first-order valence-electron chi connectivity index (χ1n) is 6.45. The SMILES string of the molecule is Cc1cccc(CN(CC/C(N)=N/O)C2CC2)c1. The van der Waals surface area contributed by atoms with Gasteiger partial charge in [-0.2, -0.15) is 0 Å². The number of benzene rings is 1. The first-order chi connectivity index (χ1) is 8.69. The van der Waals surface area contributed by atoms with Crippen LogP contribution in [0.4, 0.5) is 0 Å². The van der Waals surface area contributed by atoms with Gasteiger partial charge in [0.05, 0.1) is 0 Å². The summed E-state index contributed by atoms with van der Waals surface area (Å²) >= 11 is 0. The molecule has 0 spiro atoms. The van der Waals surface area contributed by atoms with E-state index in [4.69, 9.17) is 10.9 Å². The Labute approximate surface area is 108 Å². The Morgan fingerprint density at radius 1 is 1.50 bits per heavy atom. The van der Waals surface area contributed by atoms with Crippen LogP contribution in [0.15, 0.2) is 29.4 Å². The Morgan fingerprint density at radius 3 is 2.89 bits per heavy atom. The molecule has 4 nitrogen and oxygen atoms in total. The van der Waals surface area contributed by atoms with Crippen molar-refractivity contribution >= 4 is 5.84 Å². The van der Waals surface area contributed by atoms with Crippen molar-refractivity contribution < 1.29 is 5.21 Å². The molecule has 0 saturated heterocycles. The van der Waals surface area contributed by atoms with Gasteiger partial charge in [0.15, 0.2) is 0 Å². The van der Waals surface area contributed by atoms with Crippen molar-refractivity contribution in [3.63, 3.8) is 0 Å². The molecule has 0 aromatic heterocycles. The van der Waals surface area contributed by atoms with Gasteiger partial charge in [-0.3, -0.25) is 4.90 Å². The zero-order valence-corrected chi connectivity index (χ0v) is 10.8. The van der Waals surface area contributed by atoms with Crippen molar-refractivity contribution in [2.45, 2.75) is 38.8 Å². The van der Waals surface area contributed by atoms with E-state index in [0.29, 0.717) is 18.3 Å². The van der Waals surface area contributed by atoms with Gasteiger partial charge in [0, 0.05) is 25.6 Å². The van der Waals surface area contributed by atoms with Gasteiger partial charge in [0.2, 0.25) is 0 Å². The van der Waals surface area contributed by atoms with Crippen LogP contribution in [0.2, 0.25) is 0 Å². The van der Waals surface area contributed by atoms with Gasteiger partial charge in [-0.15, -0.1) is 0 Å². The number of nitrogens with two attached hydrogens (primary N) is 1. The maximum Gasteiger partial charge on any atom is 0.140 e. The first-order valence-corrected chi connectivity index (χ1v) is 6.45. The summed E-state index contributed by atoms with van der Waals surface area (Å²) in [6, 6.07) is 9.27. The number of nitrogens with zero attached hydrogens (tertiary/aromatic N) is 2. The molecule has 4 heteroatoms. The fourth-order valence-corrected chi connectivity index (χ4v) is 2.18. The zero-order valence-electron chi connectivity index (χ0n) is 10.8. The van der Waals surface area contributed by atoms with Gasteiger partial charge in [-0.1, -0.05) is 35.0 Å². The summed E-state index contributed by atoms with van der Waals surface area (Å²) in [5.74, 6) is 0.310. The quantitative estimate of drug-likeness (QED) is 0.350. The van der Waals surface area contributed by atoms with Crippen LogP contribution in [0.25, 0.3) is 0 Å². The lowest BCUT2D eigenvalue weighted by atomic mass is 10.1. The molecule has 0 unspecified atom stereocenters. The van der Waals surface area contributed by atoms with Gasteiger partial charge in [0.1, 0.15) is 5.84 Å². The highest BCUT2D eigenvalue weighted by atomic mass is 16.4. The van der Waals surface area contributed by atoms with E-state index in [-0.39, 0.29) is 0 Å². The van der Waals surface area contributed by atoms with E-state index in [1.54, 1.807) is 0 Å². The van der Waals surface area contributed by atoms with Crippen LogP contribution in [0.3, 0.4) is 0 Å². The van der Waals surface area contributed by atoms with Gasteiger partial charge in [-0.25, -0.2) is 0 Å². The molecule has 1 fully saturated rings. The van der Waals surface area contributed by atoms with Crippen molar-refractivity contribution in [2.24, 2.45) is 10.9 Å². The second-order valence-electron chi connectivity index (χ2n) is 5.03. The minimum absolute atomic E-state index is 0.310. The lowest BCUT2D eigenvalue weighted by Crippen LogP contribution is -2.29.